The predicted molar refractivity (Wildman–Crippen MR) is 180 cm³/mol. The number of aromatic nitrogens is 4. The van der Waals surface area contributed by atoms with Crippen molar-refractivity contribution in [1.82, 2.24) is 19.9 Å². The SMILES string of the molecule is Cc1cccc(C(=O)Nc2cc(Cl)cc(Oc3cncnc3)c2)c1.Cc1cccc(C(=O)Nc2cc(F)cc(Oc3cncnc3)c2)c1. The largest absolute Gasteiger partial charge is 0.454 e. The molecule has 0 fully saturated rings. The summed E-state index contributed by atoms with van der Waals surface area (Å²) in [6, 6.07) is 23.5. The molecule has 0 saturated carbocycles. The lowest BCUT2D eigenvalue weighted by Gasteiger charge is -2.10. The third-order valence-corrected chi connectivity index (χ3v) is 6.58. The topological polar surface area (TPSA) is 128 Å². The minimum absolute atomic E-state index is 0.213. The van der Waals surface area contributed by atoms with Crippen molar-refractivity contribution in [3.05, 3.63) is 155 Å². The maximum absolute atomic E-state index is 13.8. The summed E-state index contributed by atoms with van der Waals surface area (Å²) in [5.41, 5.74) is 3.90. The summed E-state index contributed by atoms with van der Waals surface area (Å²) in [5.74, 6) is 0.521. The smallest absolute Gasteiger partial charge is 0.255 e. The van der Waals surface area contributed by atoms with Gasteiger partial charge in [-0.05, 0) is 56.3 Å². The number of carbonyl (C=O) groups excluding carboxylic acids is 2. The van der Waals surface area contributed by atoms with Crippen LogP contribution in [0.15, 0.2) is 122 Å². The van der Waals surface area contributed by atoms with Crippen LogP contribution in [0.25, 0.3) is 0 Å². The average molecular weight is 663 g/mol. The standard InChI is InChI=1S/C18H14ClN3O2.C18H14FN3O2/c2*1-12-3-2-4-13(5-12)18(23)22-15-6-14(19)7-16(8-15)24-17-9-20-11-21-10-17/h2*2-11H,1H3,(H,22,23). The minimum atomic E-state index is -0.524. The van der Waals surface area contributed by atoms with Crippen LogP contribution in [0, 0.1) is 19.7 Å². The fourth-order valence-electron chi connectivity index (χ4n) is 4.32. The molecule has 2 heterocycles. The van der Waals surface area contributed by atoms with E-state index >= 15 is 0 Å². The average Bonchev–Trinajstić information content (AvgIpc) is 3.05. The third-order valence-electron chi connectivity index (χ3n) is 6.36. The van der Waals surface area contributed by atoms with Gasteiger partial charge in [0.05, 0.1) is 24.8 Å². The van der Waals surface area contributed by atoms with Crippen molar-refractivity contribution in [3.8, 4) is 23.0 Å². The van der Waals surface area contributed by atoms with Gasteiger partial charge < -0.3 is 20.1 Å². The highest BCUT2D eigenvalue weighted by molar-refractivity contribution is 6.31. The molecule has 2 amide bonds. The summed E-state index contributed by atoms with van der Waals surface area (Å²) in [4.78, 5) is 40.0. The second-order valence-corrected chi connectivity index (χ2v) is 10.8. The molecule has 2 aromatic heterocycles. The fraction of sp³-hybridized carbons (Fsp3) is 0.0556. The molecule has 0 saturated heterocycles. The number of carbonyl (C=O) groups is 2. The van der Waals surface area contributed by atoms with Gasteiger partial charge in [0.2, 0.25) is 0 Å². The minimum Gasteiger partial charge on any atom is -0.454 e. The van der Waals surface area contributed by atoms with E-state index in [1.807, 2.05) is 38.1 Å². The highest BCUT2D eigenvalue weighted by Crippen LogP contribution is 2.28. The molecule has 0 aliphatic carbocycles. The first kappa shape index (κ1) is 33.2. The van der Waals surface area contributed by atoms with E-state index in [0.717, 1.165) is 11.1 Å². The molecule has 6 rings (SSSR count). The van der Waals surface area contributed by atoms with Gasteiger partial charge in [-0.2, -0.15) is 0 Å². The van der Waals surface area contributed by atoms with Gasteiger partial charge in [0.15, 0.2) is 11.5 Å². The van der Waals surface area contributed by atoms with Gasteiger partial charge in [0, 0.05) is 45.7 Å². The Labute approximate surface area is 280 Å². The first-order chi connectivity index (χ1) is 23.2. The summed E-state index contributed by atoms with van der Waals surface area (Å²) in [5, 5.41) is 5.93. The molecule has 0 bridgehead atoms. The number of hydrogen-bond donors (Lipinski definition) is 2. The van der Waals surface area contributed by atoms with E-state index in [1.165, 1.54) is 43.2 Å². The number of ether oxygens (including phenoxy) is 2. The molecule has 4 aromatic carbocycles. The summed E-state index contributed by atoms with van der Waals surface area (Å²) in [7, 11) is 0. The molecule has 240 valence electrons. The molecule has 10 nitrogen and oxygen atoms in total. The van der Waals surface area contributed by atoms with E-state index in [0.29, 0.717) is 44.8 Å². The Balaban J connectivity index is 0.000000188. The van der Waals surface area contributed by atoms with Crippen molar-refractivity contribution in [1.29, 1.82) is 0 Å². The summed E-state index contributed by atoms with van der Waals surface area (Å²) in [6.45, 7) is 3.83. The van der Waals surface area contributed by atoms with E-state index in [4.69, 9.17) is 21.1 Å². The number of hydrogen-bond acceptors (Lipinski definition) is 8. The number of amides is 2. The van der Waals surface area contributed by atoms with Crippen molar-refractivity contribution >= 4 is 34.8 Å². The number of nitrogens with one attached hydrogen (secondary N) is 2. The first-order valence-corrected chi connectivity index (χ1v) is 14.8. The molecular formula is C36H28ClFN6O4. The second kappa shape index (κ2) is 15.9. The Bertz CT molecular complexity index is 1890. The third kappa shape index (κ3) is 9.90. The highest BCUT2D eigenvalue weighted by atomic mass is 35.5. The highest BCUT2D eigenvalue weighted by Gasteiger charge is 2.11. The Morgan fingerprint density at radius 3 is 1.54 bits per heavy atom. The van der Waals surface area contributed by atoms with Crippen LogP contribution in [0.4, 0.5) is 15.8 Å². The van der Waals surface area contributed by atoms with Crippen molar-refractivity contribution in [2.45, 2.75) is 13.8 Å². The normalized spacial score (nSPS) is 10.2. The van der Waals surface area contributed by atoms with Gasteiger partial charge in [-0.3, -0.25) is 9.59 Å². The van der Waals surface area contributed by atoms with Crippen molar-refractivity contribution in [2.24, 2.45) is 0 Å². The molecule has 0 aliphatic rings. The van der Waals surface area contributed by atoms with Gasteiger partial charge in [-0.25, -0.2) is 24.3 Å². The number of halogens is 2. The van der Waals surface area contributed by atoms with Gasteiger partial charge in [0.1, 0.15) is 30.0 Å². The number of nitrogens with zero attached hydrogens (tertiary/aromatic N) is 4. The van der Waals surface area contributed by atoms with Crippen LogP contribution in [0.5, 0.6) is 23.0 Å². The molecular weight excluding hydrogens is 635 g/mol. The lowest BCUT2D eigenvalue weighted by molar-refractivity contribution is 0.101. The zero-order valence-corrected chi connectivity index (χ0v) is 26.5. The van der Waals surface area contributed by atoms with Crippen LogP contribution in [-0.4, -0.2) is 31.8 Å². The predicted octanol–water partition coefficient (Wildman–Crippen LogP) is 8.45. The van der Waals surface area contributed by atoms with E-state index in [9.17, 15) is 14.0 Å². The monoisotopic (exact) mass is 662 g/mol. The Morgan fingerprint density at radius 1 is 0.604 bits per heavy atom. The molecule has 0 radical (unpaired) electrons. The molecule has 48 heavy (non-hydrogen) atoms. The number of anilines is 2. The van der Waals surface area contributed by atoms with Crippen LogP contribution in [-0.2, 0) is 0 Å². The van der Waals surface area contributed by atoms with Crippen LogP contribution >= 0.6 is 11.6 Å². The molecule has 6 aromatic rings. The Morgan fingerprint density at radius 2 is 1.06 bits per heavy atom. The Hall–Kier alpha value is -6.20. The van der Waals surface area contributed by atoms with Crippen LogP contribution < -0.4 is 20.1 Å². The second-order valence-electron chi connectivity index (χ2n) is 10.4. The van der Waals surface area contributed by atoms with Gasteiger partial charge in [-0.15, -0.1) is 0 Å². The molecule has 2 N–H and O–H groups in total. The summed E-state index contributed by atoms with van der Waals surface area (Å²) in [6.07, 6.45) is 8.79. The molecule has 0 spiro atoms. The number of rotatable bonds is 8. The maximum Gasteiger partial charge on any atom is 0.255 e. The van der Waals surface area contributed by atoms with Gasteiger partial charge >= 0.3 is 0 Å². The van der Waals surface area contributed by atoms with E-state index in [1.54, 1.807) is 54.9 Å². The van der Waals surface area contributed by atoms with Crippen LogP contribution in [0.2, 0.25) is 5.02 Å². The molecule has 0 unspecified atom stereocenters. The van der Waals surface area contributed by atoms with Crippen LogP contribution in [0.3, 0.4) is 0 Å². The Kier molecular flexibility index (Phi) is 11.0. The van der Waals surface area contributed by atoms with E-state index in [-0.39, 0.29) is 17.6 Å². The lowest BCUT2D eigenvalue weighted by atomic mass is 10.1. The summed E-state index contributed by atoms with van der Waals surface area (Å²) < 4.78 is 24.9. The zero-order valence-electron chi connectivity index (χ0n) is 25.7. The van der Waals surface area contributed by atoms with Crippen molar-refractivity contribution in [3.63, 3.8) is 0 Å². The van der Waals surface area contributed by atoms with Crippen molar-refractivity contribution < 1.29 is 23.5 Å². The van der Waals surface area contributed by atoms with E-state index < -0.39 is 5.82 Å². The number of benzene rings is 4. The first-order valence-electron chi connectivity index (χ1n) is 14.4. The van der Waals surface area contributed by atoms with Crippen LogP contribution in [0.1, 0.15) is 31.8 Å². The van der Waals surface area contributed by atoms with Crippen molar-refractivity contribution in [2.75, 3.05) is 10.6 Å². The van der Waals surface area contributed by atoms with Gasteiger partial charge in [-0.1, -0.05) is 47.0 Å². The molecule has 0 atom stereocenters. The van der Waals surface area contributed by atoms with E-state index in [2.05, 4.69) is 30.6 Å². The maximum atomic E-state index is 13.8. The quantitative estimate of drug-likeness (QED) is 0.166. The lowest BCUT2D eigenvalue weighted by Crippen LogP contribution is -2.12. The zero-order chi connectivity index (χ0) is 33.9. The fourth-order valence-corrected chi connectivity index (χ4v) is 4.54. The molecule has 12 heteroatoms. The summed E-state index contributed by atoms with van der Waals surface area (Å²) >= 11 is 6.11. The number of aryl methyl sites for hydroxylation is 2. The molecule has 0 aliphatic heterocycles. The van der Waals surface area contributed by atoms with Gasteiger partial charge in [0.25, 0.3) is 11.8 Å².